The number of aryl methyl sites for hydroxylation is 1. The van der Waals surface area contributed by atoms with Gasteiger partial charge in [0.25, 0.3) is 5.91 Å². The fourth-order valence-electron chi connectivity index (χ4n) is 1.48. The van der Waals surface area contributed by atoms with E-state index in [1.54, 1.807) is 12.3 Å². The summed E-state index contributed by atoms with van der Waals surface area (Å²) in [7, 11) is 0. The van der Waals surface area contributed by atoms with E-state index in [4.69, 9.17) is 0 Å². The number of carbonyl (C=O) groups is 1. The molecule has 3 nitrogen and oxygen atoms in total. The van der Waals surface area contributed by atoms with Gasteiger partial charge in [-0.1, -0.05) is 0 Å². The Morgan fingerprint density at radius 2 is 2.00 bits per heavy atom. The molecule has 19 heavy (non-hydrogen) atoms. The van der Waals surface area contributed by atoms with Gasteiger partial charge < -0.3 is 5.32 Å². The van der Waals surface area contributed by atoms with E-state index in [0.29, 0.717) is 17.8 Å². The molecule has 1 N–H and O–H groups in total. The van der Waals surface area contributed by atoms with Gasteiger partial charge in [0, 0.05) is 5.38 Å². The lowest BCUT2D eigenvalue weighted by molar-refractivity contribution is 0.0941. The molecule has 7 heteroatoms. The van der Waals surface area contributed by atoms with Gasteiger partial charge in [-0.2, -0.15) is 0 Å². The fraction of sp³-hybridized carbons (Fsp3) is 0.167. The number of thiazole rings is 1. The van der Waals surface area contributed by atoms with Crippen molar-refractivity contribution in [2.75, 3.05) is 0 Å². The van der Waals surface area contributed by atoms with Crippen molar-refractivity contribution in [3.8, 4) is 0 Å². The summed E-state index contributed by atoms with van der Waals surface area (Å²) in [6, 6.07) is 1.34. The number of benzene rings is 1. The van der Waals surface area contributed by atoms with Crippen LogP contribution >= 0.6 is 11.3 Å². The van der Waals surface area contributed by atoms with Crippen molar-refractivity contribution in [1.82, 2.24) is 10.3 Å². The average molecular weight is 286 g/mol. The standard InChI is InChI=1S/C12H9F3N2OS/c1-6-17-7(5-19-6)4-16-12(18)10-8(13)2-3-9(14)11(10)15/h2-3,5H,4H2,1H3,(H,16,18). The number of rotatable bonds is 3. The minimum absolute atomic E-state index is 0.0264. The third kappa shape index (κ3) is 2.93. The topological polar surface area (TPSA) is 42.0 Å². The number of hydrogen-bond donors (Lipinski definition) is 1. The fourth-order valence-corrected chi connectivity index (χ4v) is 2.10. The molecule has 1 heterocycles. The van der Waals surface area contributed by atoms with Crippen LogP contribution in [-0.2, 0) is 6.54 Å². The van der Waals surface area contributed by atoms with Gasteiger partial charge in [-0.3, -0.25) is 4.79 Å². The highest BCUT2D eigenvalue weighted by Crippen LogP contribution is 2.16. The van der Waals surface area contributed by atoms with Crippen LogP contribution in [0.2, 0.25) is 0 Å². The first kappa shape index (κ1) is 13.5. The van der Waals surface area contributed by atoms with Gasteiger partial charge in [-0.25, -0.2) is 18.2 Å². The van der Waals surface area contributed by atoms with Gasteiger partial charge >= 0.3 is 0 Å². The summed E-state index contributed by atoms with van der Waals surface area (Å²) in [5.41, 5.74) is -0.347. The van der Waals surface area contributed by atoms with Crippen molar-refractivity contribution in [2.24, 2.45) is 0 Å². The third-order valence-corrected chi connectivity index (χ3v) is 3.19. The Morgan fingerprint density at radius 1 is 1.32 bits per heavy atom. The maximum Gasteiger partial charge on any atom is 0.257 e. The summed E-state index contributed by atoms with van der Waals surface area (Å²) in [5, 5.41) is 4.82. The Bertz CT molecular complexity index is 627. The average Bonchev–Trinajstić information content (AvgIpc) is 2.78. The maximum atomic E-state index is 13.4. The number of amides is 1. The molecule has 0 atom stereocenters. The Morgan fingerprint density at radius 3 is 2.63 bits per heavy atom. The molecule has 2 aromatic rings. The first-order valence-electron chi connectivity index (χ1n) is 5.31. The molecule has 0 bridgehead atoms. The van der Waals surface area contributed by atoms with Crippen molar-refractivity contribution in [1.29, 1.82) is 0 Å². The van der Waals surface area contributed by atoms with Crippen molar-refractivity contribution >= 4 is 17.2 Å². The summed E-state index contributed by atoms with van der Waals surface area (Å²) in [4.78, 5) is 15.7. The minimum Gasteiger partial charge on any atom is -0.346 e. The Labute approximate surface area is 111 Å². The first-order chi connectivity index (χ1) is 8.99. The highest BCUT2D eigenvalue weighted by Gasteiger charge is 2.20. The Balaban J connectivity index is 2.14. The molecule has 2 rings (SSSR count). The number of nitrogens with zero attached hydrogens (tertiary/aromatic N) is 1. The summed E-state index contributed by atoms with van der Waals surface area (Å²) in [6.45, 7) is 1.82. The second kappa shape index (κ2) is 5.40. The molecular formula is C12H9F3N2OS. The molecule has 1 aromatic carbocycles. The molecular weight excluding hydrogens is 277 g/mol. The van der Waals surface area contributed by atoms with Crippen LogP contribution in [0.3, 0.4) is 0 Å². The normalized spacial score (nSPS) is 10.5. The predicted molar refractivity (Wildman–Crippen MR) is 64.3 cm³/mol. The summed E-state index contributed by atoms with van der Waals surface area (Å²) >= 11 is 1.39. The molecule has 1 aromatic heterocycles. The molecule has 0 aliphatic rings. The quantitative estimate of drug-likeness (QED) is 0.882. The van der Waals surface area contributed by atoms with E-state index >= 15 is 0 Å². The zero-order chi connectivity index (χ0) is 14.0. The number of carbonyl (C=O) groups excluding carboxylic acids is 1. The van der Waals surface area contributed by atoms with Crippen LogP contribution in [0.4, 0.5) is 13.2 Å². The van der Waals surface area contributed by atoms with E-state index in [1.807, 2.05) is 0 Å². The molecule has 0 saturated heterocycles. The molecule has 0 aliphatic carbocycles. The van der Waals surface area contributed by atoms with E-state index in [0.717, 1.165) is 5.01 Å². The third-order valence-electron chi connectivity index (χ3n) is 2.37. The lowest BCUT2D eigenvalue weighted by Gasteiger charge is -2.06. The van der Waals surface area contributed by atoms with Gasteiger partial charge in [-0.15, -0.1) is 11.3 Å². The highest BCUT2D eigenvalue weighted by atomic mass is 32.1. The number of halogens is 3. The van der Waals surface area contributed by atoms with Gasteiger partial charge in [-0.05, 0) is 19.1 Å². The second-order valence-corrected chi connectivity index (χ2v) is 4.82. The van der Waals surface area contributed by atoms with Gasteiger partial charge in [0.1, 0.15) is 11.4 Å². The molecule has 0 saturated carbocycles. The molecule has 0 unspecified atom stereocenters. The van der Waals surface area contributed by atoms with Gasteiger partial charge in [0.15, 0.2) is 11.6 Å². The SMILES string of the molecule is Cc1nc(CNC(=O)c2c(F)ccc(F)c2F)cs1. The molecule has 0 aliphatic heterocycles. The monoisotopic (exact) mass is 286 g/mol. The largest absolute Gasteiger partial charge is 0.346 e. The van der Waals surface area contributed by atoms with Crippen molar-refractivity contribution in [3.05, 3.63) is 51.2 Å². The second-order valence-electron chi connectivity index (χ2n) is 3.76. The van der Waals surface area contributed by atoms with E-state index in [-0.39, 0.29) is 6.54 Å². The zero-order valence-electron chi connectivity index (χ0n) is 9.84. The Kier molecular flexibility index (Phi) is 3.84. The first-order valence-corrected chi connectivity index (χ1v) is 6.19. The predicted octanol–water partition coefficient (Wildman–Crippen LogP) is 2.80. The van der Waals surface area contributed by atoms with Crippen molar-refractivity contribution < 1.29 is 18.0 Å². The van der Waals surface area contributed by atoms with Crippen LogP contribution in [0.15, 0.2) is 17.5 Å². The molecule has 100 valence electrons. The molecule has 0 radical (unpaired) electrons. The van der Waals surface area contributed by atoms with E-state index in [9.17, 15) is 18.0 Å². The molecule has 0 fully saturated rings. The summed E-state index contributed by atoms with van der Waals surface area (Å²) < 4.78 is 39.6. The van der Waals surface area contributed by atoms with Crippen LogP contribution in [-0.4, -0.2) is 10.9 Å². The van der Waals surface area contributed by atoms with Crippen molar-refractivity contribution in [2.45, 2.75) is 13.5 Å². The van der Waals surface area contributed by atoms with Crippen molar-refractivity contribution in [3.63, 3.8) is 0 Å². The van der Waals surface area contributed by atoms with E-state index in [2.05, 4.69) is 10.3 Å². The lowest BCUT2D eigenvalue weighted by Crippen LogP contribution is -2.25. The zero-order valence-corrected chi connectivity index (χ0v) is 10.7. The lowest BCUT2D eigenvalue weighted by atomic mass is 10.1. The van der Waals surface area contributed by atoms with Crippen LogP contribution in [0.25, 0.3) is 0 Å². The molecule has 1 amide bonds. The van der Waals surface area contributed by atoms with E-state index < -0.39 is 28.9 Å². The van der Waals surface area contributed by atoms with Crippen LogP contribution < -0.4 is 5.32 Å². The number of nitrogens with one attached hydrogen (secondary N) is 1. The van der Waals surface area contributed by atoms with Crippen LogP contribution in [0, 0.1) is 24.4 Å². The van der Waals surface area contributed by atoms with Gasteiger partial charge in [0.05, 0.1) is 17.2 Å². The van der Waals surface area contributed by atoms with E-state index in [1.165, 1.54) is 11.3 Å². The highest BCUT2D eigenvalue weighted by molar-refractivity contribution is 7.09. The Hall–Kier alpha value is -1.89. The van der Waals surface area contributed by atoms with Gasteiger partial charge in [0.2, 0.25) is 0 Å². The van der Waals surface area contributed by atoms with Crippen LogP contribution in [0.5, 0.6) is 0 Å². The summed E-state index contributed by atoms with van der Waals surface area (Å²) in [5.74, 6) is -4.88. The molecule has 0 spiro atoms. The summed E-state index contributed by atoms with van der Waals surface area (Å²) in [6.07, 6.45) is 0. The van der Waals surface area contributed by atoms with Crippen LogP contribution in [0.1, 0.15) is 21.1 Å². The maximum absolute atomic E-state index is 13.4. The minimum atomic E-state index is -1.49. The number of hydrogen-bond acceptors (Lipinski definition) is 3. The number of aromatic nitrogens is 1. The smallest absolute Gasteiger partial charge is 0.257 e.